The number of hydrogen-bond acceptors (Lipinski definition) is 1. The molecule has 1 unspecified atom stereocenters. The number of benzene rings is 1. The Hall–Kier alpha value is -0.570. The number of hydrogen-bond donors (Lipinski definition) is 0. The van der Waals surface area contributed by atoms with E-state index in [-0.39, 0.29) is 10.4 Å². The molecule has 0 saturated carbocycles. The molecule has 0 aliphatic rings. The number of rotatable bonds is 2. The Kier molecular flexibility index (Phi) is 3.76. The first-order valence-corrected chi connectivity index (χ1v) is 6.78. The van der Waals surface area contributed by atoms with Gasteiger partial charge in [0.15, 0.2) is 0 Å². The third kappa shape index (κ3) is 2.65. The molecule has 90 valence electrons. The second-order valence-electron chi connectivity index (χ2n) is 3.90. The molecule has 0 N–H and O–H groups in total. The van der Waals surface area contributed by atoms with Crippen molar-refractivity contribution >= 4 is 34.5 Å². The van der Waals surface area contributed by atoms with Crippen molar-refractivity contribution in [3.8, 4) is 0 Å². The summed E-state index contributed by atoms with van der Waals surface area (Å²) in [6, 6.07) is 6.74. The summed E-state index contributed by atoms with van der Waals surface area (Å²) in [5, 5.41) is -0.206. The summed E-state index contributed by atoms with van der Waals surface area (Å²) < 4.78 is 13.4. The maximum atomic E-state index is 13.4. The largest absolute Gasteiger partial charge is 0.205 e. The first-order chi connectivity index (χ1) is 7.99. The normalized spacial score (nSPS) is 12.8. The maximum Gasteiger partial charge on any atom is 0.142 e. The van der Waals surface area contributed by atoms with Crippen LogP contribution in [0, 0.1) is 19.7 Å². The van der Waals surface area contributed by atoms with E-state index in [1.54, 1.807) is 17.4 Å². The maximum absolute atomic E-state index is 13.4. The van der Waals surface area contributed by atoms with E-state index in [0.29, 0.717) is 0 Å². The first kappa shape index (κ1) is 12.9. The molecule has 1 atom stereocenters. The fourth-order valence-electron chi connectivity index (χ4n) is 1.75. The lowest BCUT2D eigenvalue weighted by Gasteiger charge is -2.10. The van der Waals surface area contributed by atoms with Crippen molar-refractivity contribution in [2.45, 2.75) is 19.2 Å². The molecule has 1 heterocycles. The van der Waals surface area contributed by atoms with Gasteiger partial charge in [-0.15, -0.1) is 22.9 Å². The Balaban J connectivity index is 2.40. The van der Waals surface area contributed by atoms with Gasteiger partial charge in [0.2, 0.25) is 0 Å². The van der Waals surface area contributed by atoms with Crippen LogP contribution in [-0.4, -0.2) is 0 Å². The Morgan fingerprint density at radius 3 is 2.47 bits per heavy atom. The van der Waals surface area contributed by atoms with Crippen LogP contribution in [-0.2, 0) is 0 Å². The first-order valence-electron chi connectivity index (χ1n) is 5.15. The van der Waals surface area contributed by atoms with Crippen LogP contribution in [0.5, 0.6) is 0 Å². The lowest BCUT2D eigenvalue weighted by atomic mass is 10.0. The molecule has 4 heteroatoms. The minimum absolute atomic E-state index is 0.121. The molecule has 1 aromatic carbocycles. The Bertz CT molecular complexity index is 548. The van der Waals surface area contributed by atoms with E-state index in [1.807, 2.05) is 19.9 Å². The van der Waals surface area contributed by atoms with Gasteiger partial charge in [-0.25, -0.2) is 4.39 Å². The standard InChI is InChI=1S/C13H11Cl2FS/c1-7-5-10(8(2)17-7)13(15)9-3-4-11(14)12(16)6-9/h3-6,13H,1-2H3. The van der Waals surface area contributed by atoms with Gasteiger partial charge in [-0.2, -0.15) is 0 Å². The number of aryl methyl sites for hydroxylation is 2. The summed E-state index contributed by atoms with van der Waals surface area (Å²) in [4.78, 5) is 2.37. The SMILES string of the molecule is Cc1cc(C(Cl)c2ccc(Cl)c(F)c2)c(C)s1. The van der Waals surface area contributed by atoms with E-state index in [1.165, 1.54) is 17.0 Å². The predicted molar refractivity (Wildman–Crippen MR) is 72.9 cm³/mol. The Labute approximate surface area is 114 Å². The molecular weight excluding hydrogens is 278 g/mol. The van der Waals surface area contributed by atoms with Gasteiger partial charge in [0.05, 0.1) is 10.4 Å². The van der Waals surface area contributed by atoms with Crippen molar-refractivity contribution in [2.75, 3.05) is 0 Å². The third-order valence-corrected chi connectivity index (χ3v) is 4.36. The van der Waals surface area contributed by atoms with Gasteiger partial charge in [0, 0.05) is 9.75 Å². The van der Waals surface area contributed by atoms with Crippen LogP contribution < -0.4 is 0 Å². The van der Waals surface area contributed by atoms with Gasteiger partial charge in [-0.3, -0.25) is 0 Å². The quantitative estimate of drug-likeness (QED) is 0.642. The molecule has 0 amide bonds. The van der Waals surface area contributed by atoms with Gasteiger partial charge in [0.1, 0.15) is 5.82 Å². The number of halogens is 3. The van der Waals surface area contributed by atoms with Crippen molar-refractivity contribution in [1.82, 2.24) is 0 Å². The molecule has 0 saturated heterocycles. The molecule has 0 nitrogen and oxygen atoms in total. The number of alkyl halides is 1. The second-order valence-corrected chi connectivity index (χ2v) is 6.21. The summed E-state index contributed by atoms with van der Waals surface area (Å²) in [7, 11) is 0. The Morgan fingerprint density at radius 1 is 1.24 bits per heavy atom. The van der Waals surface area contributed by atoms with Crippen molar-refractivity contribution in [3.63, 3.8) is 0 Å². The fraction of sp³-hybridized carbons (Fsp3) is 0.231. The van der Waals surface area contributed by atoms with Crippen molar-refractivity contribution in [3.05, 3.63) is 56.0 Å². The van der Waals surface area contributed by atoms with Crippen LogP contribution in [0.25, 0.3) is 0 Å². The van der Waals surface area contributed by atoms with Crippen LogP contribution in [0.4, 0.5) is 4.39 Å². The average molecular weight is 289 g/mol. The fourth-order valence-corrected chi connectivity index (χ4v) is 3.26. The van der Waals surface area contributed by atoms with Crippen LogP contribution in [0.2, 0.25) is 5.02 Å². The molecule has 0 radical (unpaired) electrons. The monoisotopic (exact) mass is 288 g/mol. The van der Waals surface area contributed by atoms with Gasteiger partial charge >= 0.3 is 0 Å². The molecule has 0 bridgehead atoms. The van der Waals surface area contributed by atoms with E-state index < -0.39 is 5.82 Å². The van der Waals surface area contributed by atoms with E-state index in [4.69, 9.17) is 23.2 Å². The lowest BCUT2D eigenvalue weighted by molar-refractivity contribution is 0.626. The molecule has 1 aromatic heterocycles. The Morgan fingerprint density at radius 2 is 1.94 bits per heavy atom. The lowest BCUT2D eigenvalue weighted by Crippen LogP contribution is -1.94. The summed E-state index contributed by atoms with van der Waals surface area (Å²) in [5.41, 5.74) is 1.77. The second kappa shape index (κ2) is 4.97. The highest BCUT2D eigenvalue weighted by atomic mass is 35.5. The molecule has 2 rings (SSSR count). The molecule has 0 spiro atoms. The molecule has 2 aromatic rings. The predicted octanol–water partition coefficient (Wildman–Crippen LogP) is 5.49. The summed E-state index contributed by atoms with van der Waals surface area (Å²) >= 11 is 13.7. The molecular formula is C13H11Cl2FS. The van der Waals surface area contributed by atoms with Crippen molar-refractivity contribution in [2.24, 2.45) is 0 Å². The summed E-state index contributed by atoms with van der Waals surface area (Å²) in [6.07, 6.45) is 0. The third-order valence-electron chi connectivity index (χ3n) is 2.59. The highest BCUT2D eigenvalue weighted by molar-refractivity contribution is 7.12. The highest BCUT2D eigenvalue weighted by Gasteiger charge is 2.16. The zero-order chi connectivity index (χ0) is 12.6. The topological polar surface area (TPSA) is 0 Å². The number of thiophene rings is 1. The van der Waals surface area contributed by atoms with E-state index >= 15 is 0 Å². The molecule has 0 aliphatic heterocycles. The van der Waals surface area contributed by atoms with Gasteiger partial charge in [0.25, 0.3) is 0 Å². The average Bonchev–Trinajstić information content (AvgIpc) is 2.61. The van der Waals surface area contributed by atoms with E-state index in [9.17, 15) is 4.39 Å². The smallest absolute Gasteiger partial charge is 0.142 e. The summed E-state index contributed by atoms with van der Waals surface area (Å²) in [5.74, 6) is -0.431. The van der Waals surface area contributed by atoms with E-state index in [0.717, 1.165) is 16.0 Å². The summed E-state index contributed by atoms with van der Waals surface area (Å²) in [6.45, 7) is 4.06. The van der Waals surface area contributed by atoms with Crippen LogP contribution in [0.1, 0.15) is 26.3 Å². The van der Waals surface area contributed by atoms with Crippen molar-refractivity contribution in [1.29, 1.82) is 0 Å². The van der Waals surface area contributed by atoms with Crippen LogP contribution in [0.15, 0.2) is 24.3 Å². The zero-order valence-electron chi connectivity index (χ0n) is 9.43. The minimum Gasteiger partial charge on any atom is -0.205 e. The molecule has 0 aliphatic carbocycles. The van der Waals surface area contributed by atoms with Crippen LogP contribution >= 0.6 is 34.5 Å². The van der Waals surface area contributed by atoms with E-state index in [2.05, 4.69) is 0 Å². The van der Waals surface area contributed by atoms with Crippen LogP contribution in [0.3, 0.4) is 0 Å². The van der Waals surface area contributed by atoms with Gasteiger partial charge < -0.3 is 0 Å². The van der Waals surface area contributed by atoms with Gasteiger partial charge in [-0.1, -0.05) is 17.7 Å². The van der Waals surface area contributed by atoms with Crippen molar-refractivity contribution < 1.29 is 4.39 Å². The molecule has 17 heavy (non-hydrogen) atoms. The molecule has 0 fully saturated rings. The highest BCUT2D eigenvalue weighted by Crippen LogP contribution is 2.36. The minimum atomic E-state index is -0.431. The van der Waals surface area contributed by atoms with Gasteiger partial charge in [-0.05, 0) is 43.2 Å². The zero-order valence-corrected chi connectivity index (χ0v) is 11.8.